The van der Waals surface area contributed by atoms with E-state index >= 15 is 0 Å². The van der Waals surface area contributed by atoms with E-state index in [-0.39, 0.29) is 0 Å². The third kappa shape index (κ3) is 1.28. The maximum Gasteiger partial charge on any atom is 0.187 e. The summed E-state index contributed by atoms with van der Waals surface area (Å²) in [4.78, 5) is 1.50. The van der Waals surface area contributed by atoms with Crippen molar-refractivity contribution in [2.75, 3.05) is 0 Å². The van der Waals surface area contributed by atoms with Crippen LogP contribution >= 0.6 is 11.3 Å². The van der Waals surface area contributed by atoms with Crippen LogP contribution < -0.4 is 0 Å². The summed E-state index contributed by atoms with van der Waals surface area (Å²) in [6.45, 7) is 3.69. The molecule has 0 aliphatic carbocycles. The van der Waals surface area contributed by atoms with Crippen molar-refractivity contribution in [3.63, 3.8) is 0 Å². The molecule has 0 bridgehead atoms. The summed E-state index contributed by atoms with van der Waals surface area (Å²) in [6, 6.07) is 0. The molecule has 0 radical (unpaired) electrons. The molecule has 10 heavy (non-hydrogen) atoms. The molecule has 0 aliphatic rings. The van der Waals surface area contributed by atoms with Crippen LogP contribution in [0.2, 0.25) is 0 Å². The third-order valence-electron chi connectivity index (χ3n) is 1.27. The smallest absolute Gasteiger partial charge is 0.187 e. The molecule has 0 saturated carbocycles. The summed E-state index contributed by atoms with van der Waals surface area (Å²) in [6.07, 6.45) is 0. The molecule has 1 N–H and O–H groups in total. The first-order valence-electron chi connectivity index (χ1n) is 2.78. The fraction of sp³-hybridized carbons (Fsp3) is 0.333. The zero-order valence-electron chi connectivity index (χ0n) is 5.75. The first-order chi connectivity index (χ1) is 4.63. The van der Waals surface area contributed by atoms with Crippen molar-refractivity contribution in [3.8, 4) is 0 Å². The van der Waals surface area contributed by atoms with Crippen molar-refractivity contribution in [2.24, 2.45) is 0 Å². The Morgan fingerprint density at radius 1 is 1.60 bits per heavy atom. The van der Waals surface area contributed by atoms with Gasteiger partial charge >= 0.3 is 0 Å². The van der Waals surface area contributed by atoms with Gasteiger partial charge in [0.05, 0.1) is 4.90 Å². The summed E-state index contributed by atoms with van der Waals surface area (Å²) < 4.78 is 19.4. The van der Waals surface area contributed by atoms with Crippen molar-refractivity contribution in [3.05, 3.63) is 15.8 Å². The Morgan fingerprint density at radius 3 is 2.40 bits per heavy atom. The molecule has 1 heterocycles. The number of aryl methyl sites for hydroxylation is 2. The Balaban J connectivity index is 3.23. The van der Waals surface area contributed by atoms with Gasteiger partial charge in [0, 0.05) is 4.88 Å². The third-order valence-corrected chi connectivity index (χ3v) is 3.40. The summed E-state index contributed by atoms with van der Waals surface area (Å²) in [5.41, 5.74) is 0.906. The lowest BCUT2D eigenvalue weighted by atomic mass is 10.3. The fourth-order valence-electron chi connectivity index (χ4n) is 0.822. The molecule has 0 aliphatic heterocycles. The van der Waals surface area contributed by atoms with Crippen molar-refractivity contribution < 1.29 is 8.76 Å². The highest BCUT2D eigenvalue weighted by molar-refractivity contribution is 7.79. The van der Waals surface area contributed by atoms with Crippen molar-refractivity contribution in [1.29, 1.82) is 0 Å². The topological polar surface area (TPSA) is 37.3 Å². The highest BCUT2D eigenvalue weighted by Crippen LogP contribution is 2.23. The van der Waals surface area contributed by atoms with E-state index in [0.29, 0.717) is 4.90 Å². The second-order valence-corrected chi connectivity index (χ2v) is 4.04. The van der Waals surface area contributed by atoms with Gasteiger partial charge in [0.2, 0.25) is 0 Å². The van der Waals surface area contributed by atoms with Crippen LogP contribution in [0.3, 0.4) is 0 Å². The number of hydrogen-bond donors (Lipinski definition) is 1. The Morgan fingerprint density at radius 2 is 2.20 bits per heavy atom. The molecule has 0 saturated heterocycles. The fourth-order valence-corrected chi connectivity index (χ4v) is 2.57. The van der Waals surface area contributed by atoms with E-state index in [0.717, 1.165) is 10.4 Å². The monoisotopic (exact) mass is 176 g/mol. The minimum absolute atomic E-state index is 0.574. The van der Waals surface area contributed by atoms with Crippen LogP contribution in [0.15, 0.2) is 10.3 Å². The summed E-state index contributed by atoms with van der Waals surface area (Å²) >= 11 is -0.304. The van der Waals surface area contributed by atoms with Crippen LogP contribution in [0.4, 0.5) is 0 Å². The van der Waals surface area contributed by atoms with Gasteiger partial charge in [-0.2, -0.15) is 0 Å². The van der Waals surface area contributed by atoms with E-state index in [1.807, 2.05) is 19.2 Å². The van der Waals surface area contributed by atoms with Gasteiger partial charge in [0.1, 0.15) is 0 Å². The highest BCUT2D eigenvalue weighted by atomic mass is 32.2. The lowest BCUT2D eigenvalue weighted by Gasteiger charge is -1.92. The normalized spacial score (nSPS) is 13.5. The molecule has 1 unspecified atom stereocenters. The van der Waals surface area contributed by atoms with Gasteiger partial charge in [-0.25, -0.2) is 4.21 Å². The molecule has 2 nitrogen and oxygen atoms in total. The summed E-state index contributed by atoms with van der Waals surface area (Å²) in [5.74, 6) is 0. The van der Waals surface area contributed by atoms with Crippen LogP contribution in [-0.4, -0.2) is 8.76 Å². The number of hydrogen-bond acceptors (Lipinski definition) is 2. The van der Waals surface area contributed by atoms with Crippen LogP contribution in [0, 0.1) is 13.8 Å². The zero-order valence-corrected chi connectivity index (χ0v) is 7.38. The van der Waals surface area contributed by atoms with Gasteiger partial charge in [0.15, 0.2) is 11.1 Å². The molecule has 1 atom stereocenters. The first-order valence-corrected chi connectivity index (χ1v) is 4.77. The lowest BCUT2D eigenvalue weighted by molar-refractivity contribution is 0.563. The summed E-state index contributed by atoms with van der Waals surface area (Å²) in [5, 5.41) is 1.89. The molecule has 0 amide bonds. The maximum atomic E-state index is 10.6. The predicted octanol–water partition coefficient (Wildman–Crippen LogP) is 1.95. The average molecular weight is 176 g/mol. The van der Waals surface area contributed by atoms with Crippen LogP contribution in [0.5, 0.6) is 0 Å². The molecule has 4 heteroatoms. The van der Waals surface area contributed by atoms with E-state index < -0.39 is 11.1 Å². The van der Waals surface area contributed by atoms with Gasteiger partial charge in [-0.05, 0) is 24.8 Å². The number of thiophene rings is 1. The molecular formula is C6H8O2S2. The van der Waals surface area contributed by atoms with Crippen LogP contribution in [0.25, 0.3) is 0 Å². The molecule has 1 rings (SSSR count). The number of rotatable bonds is 1. The second-order valence-electron chi connectivity index (χ2n) is 2.05. The van der Waals surface area contributed by atoms with Gasteiger partial charge in [-0.1, -0.05) is 0 Å². The molecule has 1 aromatic rings. The highest BCUT2D eigenvalue weighted by Gasteiger charge is 2.09. The Hall–Kier alpha value is -0.190. The van der Waals surface area contributed by atoms with E-state index in [4.69, 9.17) is 4.55 Å². The molecule has 0 fully saturated rings. The van der Waals surface area contributed by atoms with Crippen LogP contribution in [-0.2, 0) is 11.1 Å². The van der Waals surface area contributed by atoms with Gasteiger partial charge < -0.3 is 4.55 Å². The second kappa shape index (κ2) is 2.82. The SMILES string of the molecule is Cc1csc(C)c1S(=O)O. The largest absolute Gasteiger partial charge is 0.302 e. The lowest BCUT2D eigenvalue weighted by Crippen LogP contribution is -1.89. The van der Waals surface area contributed by atoms with Gasteiger partial charge in [-0.15, -0.1) is 11.3 Å². The Kier molecular flexibility index (Phi) is 2.23. The molecule has 0 aromatic carbocycles. The molecule has 56 valence electrons. The van der Waals surface area contributed by atoms with Crippen LogP contribution in [0.1, 0.15) is 10.4 Å². The van der Waals surface area contributed by atoms with Gasteiger partial charge in [-0.3, -0.25) is 0 Å². The predicted molar refractivity (Wildman–Crippen MR) is 42.8 cm³/mol. The van der Waals surface area contributed by atoms with Crippen molar-refractivity contribution in [1.82, 2.24) is 0 Å². The average Bonchev–Trinajstić information content (AvgIpc) is 2.11. The first kappa shape index (κ1) is 7.91. The Bertz CT molecular complexity index is 245. The maximum absolute atomic E-state index is 10.6. The Labute approximate surface area is 66.2 Å². The van der Waals surface area contributed by atoms with E-state index in [1.54, 1.807) is 0 Å². The van der Waals surface area contributed by atoms with E-state index in [1.165, 1.54) is 11.3 Å². The minimum atomic E-state index is -1.81. The van der Waals surface area contributed by atoms with E-state index in [9.17, 15) is 4.21 Å². The van der Waals surface area contributed by atoms with E-state index in [2.05, 4.69) is 0 Å². The zero-order chi connectivity index (χ0) is 7.72. The molecular weight excluding hydrogens is 168 g/mol. The minimum Gasteiger partial charge on any atom is -0.302 e. The van der Waals surface area contributed by atoms with Crippen molar-refractivity contribution in [2.45, 2.75) is 18.7 Å². The quantitative estimate of drug-likeness (QED) is 0.664. The molecule has 1 aromatic heterocycles. The molecule has 0 spiro atoms. The van der Waals surface area contributed by atoms with Crippen molar-refractivity contribution >= 4 is 22.4 Å². The standard InChI is InChI=1S/C6H8O2S2/c1-4-3-9-5(2)6(4)10(7)8/h3H,1-2H3,(H,7,8). The summed E-state index contributed by atoms with van der Waals surface area (Å²) in [7, 11) is 0. The van der Waals surface area contributed by atoms with Gasteiger partial charge in [0.25, 0.3) is 0 Å².